The van der Waals surface area contributed by atoms with Gasteiger partial charge in [0.05, 0.1) is 12.7 Å². The number of hydrogen-bond donors (Lipinski definition) is 2. The van der Waals surface area contributed by atoms with E-state index in [-0.39, 0.29) is 11.9 Å². The van der Waals surface area contributed by atoms with Gasteiger partial charge in [-0.05, 0) is 18.2 Å². The van der Waals surface area contributed by atoms with E-state index in [0.717, 1.165) is 25.4 Å². The maximum atomic E-state index is 12.8. The topological polar surface area (TPSA) is 33.3 Å². The maximum absolute atomic E-state index is 12.8. The van der Waals surface area contributed by atoms with Gasteiger partial charge in [0.15, 0.2) is 0 Å². The van der Waals surface area contributed by atoms with E-state index in [9.17, 15) is 4.39 Å². The van der Waals surface area contributed by atoms with Gasteiger partial charge in [-0.3, -0.25) is 0 Å². The van der Waals surface area contributed by atoms with Gasteiger partial charge in [-0.2, -0.15) is 0 Å². The van der Waals surface area contributed by atoms with Crippen LogP contribution >= 0.6 is 0 Å². The maximum Gasteiger partial charge on any atom is 0.125 e. The summed E-state index contributed by atoms with van der Waals surface area (Å²) < 4.78 is 18.4. The quantitative estimate of drug-likeness (QED) is 0.787. The highest BCUT2D eigenvalue weighted by Gasteiger charge is 2.12. The van der Waals surface area contributed by atoms with E-state index >= 15 is 0 Å². The van der Waals surface area contributed by atoms with Crippen LogP contribution < -0.4 is 10.6 Å². The Morgan fingerprint density at radius 1 is 1.53 bits per heavy atom. The molecule has 15 heavy (non-hydrogen) atoms. The molecule has 0 saturated carbocycles. The average Bonchev–Trinajstić information content (AvgIpc) is 2.28. The van der Waals surface area contributed by atoms with E-state index < -0.39 is 0 Å². The third-order valence-corrected chi connectivity index (χ3v) is 2.36. The zero-order valence-electron chi connectivity index (χ0n) is 8.50. The summed E-state index contributed by atoms with van der Waals surface area (Å²) in [5.41, 5.74) is 0.796. The van der Waals surface area contributed by atoms with Gasteiger partial charge in [0, 0.05) is 25.3 Å². The summed E-state index contributed by atoms with van der Waals surface area (Å²) >= 11 is 0. The number of anilines is 1. The summed E-state index contributed by atoms with van der Waals surface area (Å²) in [7, 11) is 0. The Morgan fingerprint density at radius 3 is 3.20 bits per heavy atom. The Labute approximate surface area is 88.6 Å². The van der Waals surface area contributed by atoms with Gasteiger partial charge in [0.1, 0.15) is 5.82 Å². The summed E-state index contributed by atoms with van der Waals surface area (Å²) in [6.07, 6.45) is 0.169. The predicted octanol–water partition coefficient (Wildman–Crippen LogP) is 1.23. The third-order valence-electron chi connectivity index (χ3n) is 2.36. The van der Waals surface area contributed by atoms with Crippen LogP contribution in [0.5, 0.6) is 0 Å². The van der Waals surface area contributed by atoms with Gasteiger partial charge in [-0.1, -0.05) is 6.07 Å². The highest BCUT2D eigenvalue weighted by atomic mass is 19.1. The van der Waals surface area contributed by atoms with Gasteiger partial charge < -0.3 is 15.4 Å². The molecule has 3 nitrogen and oxygen atoms in total. The minimum absolute atomic E-state index is 0.169. The Morgan fingerprint density at radius 2 is 2.47 bits per heavy atom. The molecule has 2 rings (SSSR count). The van der Waals surface area contributed by atoms with E-state index in [4.69, 9.17) is 4.74 Å². The zero-order valence-corrected chi connectivity index (χ0v) is 8.50. The molecule has 1 aromatic rings. The highest BCUT2D eigenvalue weighted by Crippen LogP contribution is 2.09. The van der Waals surface area contributed by atoms with Crippen LogP contribution in [-0.2, 0) is 4.74 Å². The molecule has 1 fully saturated rings. The van der Waals surface area contributed by atoms with Crippen molar-refractivity contribution in [3.63, 3.8) is 0 Å². The monoisotopic (exact) mass is 210 g/mol. The molecule has 1 atom stereocenters. The number of ether oxygens (including phenoxy) is 1. The molecule has 4 heteroatoms. The Kier molecular flexibility index (Phi) is 3.53. The first-order valence-electron chi connectivity index (χ1n) is 5.16. The minimum Gasteiger partial charge on any atom is -0.382 e. The van der Waals surface area contributed by atoms with Gasteiger partial charge >= 0.3 is 0 Å². The number of rotatable bonds is 3. The zero-order chi connectivity index (χ0) is 10.5. The fourth-order valence-corrected chi connectivity index (χ4v) is 1.58. The minimum atomic E-state index is -0.220. The van der Waals surface area contributed by atoms with Crippen molar-refractivity contribution in [2.75, 3.05) is 31.6 Å². The highest BCUT2D eigenvalue weighted by molar-refractivity contribution is 5.43. The Balaban J connectivity index is 1.81. The molecular formula is C11H15FN2O. The Bertz CT molecular complexity index is 313. The summed E-state index contributed by atoms with van der Waals surface area (Å²) in [6, 6.07) is 6.46. The third kappa shape index (κ3) is 3.18. The summed E-state index contributed by atoms with van der Waals surface area (Å²) in [6.45, 7) is 3.21. The fraction of sp³-hybridized carbons (Fsp3) is 0.455. The van der Waals surface area contributed by atoms with Gasteiger partial charge in [0.25, 0.3) is 0 Å². The molecule has 1 saturated heterocycles. The number of morpholine rings is 1. The second-order valence-corrected chi connectivity index (χ2v) is 3.59. The van der Waals surface area contributed by atoms with Gasteiger partial charge in [0.2, 0.25) is 0 Å². The second kappa shape index (κ2) is 5.09. The first-order valence-corrected chi connectivity index (χ1v) is 5.16. The van der Waals surface area contributed by atoms with E-state index in [1.54, 1.807) is 6.07 Å². The lowest BCUT2D eigenvalue weighted by molar-refractivity contribution is 0.0372. The van der Waals surface area contributed by atoms with Crippen LogP contribution in [0.3, 0.4) is 0 Å². The molecule has 1 heterocycles. The molecule has 1 aromatic carbocycles. The van der Waals surface area contributed by atoms with Crippen molar-refractivity contribution in [3.8, 4) is 0 Å². The first kappa shape index (κ1) is 10.4. The van der Waals surface area contributed by atoms with Crippen LogP contribution in [0.1, 0.15) is 0 Å². The van der Waals surface area contributed by atoms with Crippen molar-refractivity contribution in [1.82, 2.24) is 5.32 Å². The molecule has 1 unspecified atom stereocenters. The van der Waals surface area contributed by atoms with Crippen LogP contribution in [-0.4, -0.2) is 32.3 Å². The number of nitrogens with one attached hydrogen (secondary N) is 2. The lowest BCUT2D eigenvalue weighted by Crippen LogP contribution is -2.42. The lowest BCUT2D eigenvalue weighted by atomic mass is 10.2. The fourth-order valence-electron chi connectivity index (χ4n) is 1.58. The van der Waals surface area contributed by atoms with Crippen LogP contribution in [0.4, 0.5) is 10.1 Å². The molecule has 1 aliphatic heterocycles. The molecule has 2 N–H and O–H groups in total. The van der Waals surface area contributed by atoms with Crippen LogP contribution in [0, 0.1) is 5.82 Å². The van der Waals surface area contributed by atoms with Crippen molar-refractivity contribution in [1.29, 1.82) is 0 Å². The van der Waals surface area contributed by atoms with E-state index in [1.165, 1.54) is 12.1 Å². The van der Waals surface area contributed by atoms with Crippen LogP contribution in [0.15, 0.2) is 24.3 Å². The number of hydrogen-bond acceptors (Lipinski definition) is 3. The molecule has 0 radical (unpaired) electrons. The van der Waals surface area contributed by atoms with Crippen LogP contribution in [0.25, 0.3) is 0 Å². The van der Waals surface area contributed by atoms with Crippen molar-refractivity contribution in [2.24, 2.45) is 0 Å². The molecule has 0 aromatic heterocycles. The standard InChI is InChI=1S/C11H15FN2O/c12-9-2-1-3-10(6-9)14-8-11-7-13-4-5-15-11/h1-3,6,11,13-14H,4-5,7-8H2. The normalized spacial score (nSPS) is 21.3. The van der Waals surface area contributed by atoms with Crippen molar-refractivity contribution >= 4 is 5.69 Å². The molecule has 0 bridgehead atoms. The molecule has 0 aliphatic carbocycles. The molecule has 1 aliphatic rings. The van der Waals surface area contributed by atoms with Crippen molar-refractivity contribution in [2.45, 2.75) is 6.10 Å². The van der Waals surface area contributed by atoms with E-state index in [2.05, 4.69) is 10.6 Å². The Hall–Kier alpha value is -1.13. The summed E-state index contributed by atoms with van der Waals surface area (Å²) in [4.78, 5) is 0. The smallest absolute Gasteiger partial charge is 0.125 e. The summed E-state index contributed by atoms with van der Waals surface area (Å²) in [5.74, 6) is -0.220. The second-order valence-electron chi connectivity index (χ2n) is 3.59. The molecule has 0 amide bonds. The molecule has 0 spiro atoms. The predicted molar refractivity (Wildman–Crippen MR) is 57.5 cm³/mol. The lowest BCUT2D eigenvalue weighted by Gasteiger charge is -2.24. The molecule has 82 valence electrons. The van der Waals surface area contributed by atoms with Gasteiger partial charge in [-0.15, -0.1) is 0 Å². The van der Waals surface area contributed by atoms with Crippen molar-refractivity contribution in [3.05, 3.63) is 30.1 Å². The van der Waals surface area contributed by atoms with E-state index in [0.29, 0.717) is 6.54 Å². The summed E-state index contributed by atoms with van der Waals surface area (Å²) in [5, 5.41) is 6.39. The SMILES string of the molecule is Fc1cccc(NCC2CNCCO2)c1. The van der Waals surface area contributed by atoms with Crippen LogP contribution in [0.2, 0.25) is 0 Å². The van der Waals surface area contributed by atoms with Gasteiger partial charge in [-0.25, -0.2) is 4.39 Å². The number of halogens is 1. The van der Waals surface area contributed by atoms with Crippen molar-refractivity contribution < 1.29 is 9.13 Å². The first-order chi connectivity index (χ1) is 7.34. The number of benzene rings is 1. The van der Waals surface area contributed by atoms with E-state index in [1.807, 2.05) is 6.07 Å². The largest absolute Gasteiger partial charge is 0.382 e. The average molecular weight is 210 g/mol. The molecular weight excluding hydrogens is 195 g/mol.